The van der Waals surface area contributed by atoms with Crippen molar-refractivity contribution < 1.29 is 0 Å². The van der Waals surface area contributed by atoms with E-state index in [-0.39, 0.29) is 17.4 Å². The first-order valence-electron chi connectivity index (χ1n) is 7.98. The molecule has 4 rings (SSSR count). The van der Waals surface area contributed by atoms with E-state index < -0.39 is 16.5 Å². The zero-order valence-electron chi connectivity index (χ0n) is 13.8. The normalized spacial score (nSPS) is 11.3. The third-order valence-electron chi connectivity index (χ3n) is 4.48. The lowest BCUT2D eigenvalue weighted by Gasteiger charge is -2.10. The number of H-pyrrole nitrogens is 2. The number of rotatable bonds is 2. The highest BCUT2D eigenvalue weighted by Gasteiger charge is 2.15. The van der Waals surface area contributed by atoms with Gasteiger partial charge in [-0.05, 0) is 36.2 Å². The monoisotopic (exact) mass is 367 g/mol. The number of aryl methyl sites for hydroxylation is 1. The molecule has 0 aliphatic heterocycles. The third-order valence-corrected chi connectivity index (χ3v) is 4.71. The molecule has 2 heterocycles. The van der Waals surface area contributed by atoms with Crippen LogP contribution in [0.4, 0.5) is 0 Å². The smallest absolute Gasteiger partial charge is 0.287 e. The number of fused-ring (bicyclic) bond motifs is 2. The highest BCUT2D eigenvalue weighted by Crippen LogP contribution is 2.16. The molecule has 26 heavy (non-hydrogen) atoms. The quantitative estimate of drug-likeness (QED) is 0.534. The highest BCUT2D eigenvalue weighted by atomic mass is 35.5. The van der Waals surface area contributed by atoms with Crippen molar-refractivity contribution in [3.05, 3.63) is 89.5 Å². The second-order valence-corrected chi connectivity index (χ2v) is 6.59. The highest BCUT2D eigenvalue weighted by molar-refractivity contribution is 6.31. The lowest BCUT2D eigenvalue weighted by Crippen LogP contribution is -2.34. The Kier molecular flexibility index (Phi) is 3.77. The molecule has 0 spiro atoms. The Morgan fingerprint density at radius 2 is 1.85 bits per heavy atom. The molecule has 2 aromatic carbocycles. The maximum Gasteiger partial charge on any atom is 0.287 e. The molecule has 2 N–H and O–H groups in total. The van der Waals surface area contributed by atoms with Crippen LogP contribution in [0.25, 0.3) is 21.8 Å². The molecule has 0 amide bonds. The van der Waals surface area contributed by atoms with Crippen LogP contribution in [0.5, 0.6) is 0 Å². The van der Waals surface area contributed by atoms with E-state index in [1.54, 1.807) is 18.2 Å². The summed E-state index contributed by atoms with van der Waals surface area (Å²) < 4.78 is 1.17. The molecule has 7 heteroatoms. The molecule has 4 aromatic rings. The summed E-state index contributed by atoms with van der Waals surface area (Å²) in [5.41, 5.74) is 0.677. The molecule has 0 saturated heterocycles. The van der Waals surface area contributed by atoms with Crippen LogP contribution >= 0.6 is 11.6 Å². The molecule has 0 fully saturated rings. The van der Waals surface area contributed by atoms with E-state index in [4.69, 9.17) is 11.6 Å². The molecule has 6 nitrogen and oxygen atoms in total. The zero-order chi connectivity index (χ0) is 18.4. The lowest BCUT2D eigenvalue weighted by atomic mass is 10.1. The maximum absolute atomic E-state index is 12.9. The Morgan fingerprint density at radius 3 is 2.62 bits per heavy atom. The van der Waals surface area contributed by atoms with Crippen molar-refractivity contribution in [1.82, 2.24) is 14.8 Å². The summed E-state index contributed by atoms with van der Waals surface area (Å²) in [4.78, 5) is 41.0. The van der Waals surface area contributed by atoms with Crippen molar-refractivity contribution in [3.8, 4) is 0 Å². The van der Waals surface area contributed by atoms with E-state index >= 15 is 0 Å². The van der Waals surface area contributed by atoms with Gasteiger partial charge in [-0.2, -0.15) is 0 Å². The first kappa shape index (κ1) is 16.4. The van der Waals surface area contributed by atoms with Gasteiger partial charge in [-0.25, -0.2) is 4.68 Å². The van der Waals surface area contributed by atoms with E-state index in [9.17, 15) is 14.4 Å². The van der Waals surface area contributed by atoms with Gasteiger partial charge < -0.3 is 4.98 Å². The Bertz CT molecular complexity index is 1350. The molecular formula is C19H14ClN3O3. The first-order valence-corrected chi connectivity index (χ1v) is 8.36. The molecule has 0 radical (unpaired) electrons. The minimum atomic E-state index is -0.541. The molecule has 0 aliphatic carbocycles. The summed E-state index contributed by atoms with van der Waals surface area (Å²) in [5, 5.41) is 3.13. The van der Waals surface area contributed by atoms with Crippen LogP contribution < -0.4 is 16.5 Å². The number of nitrogens with zero attached hydrogens (tertiary/aromatic N) is 1. The standard InChI is InChI=1S/C19H14ClN3O3/c1-10-4-2-3-5-11(10)9-23-19(26)15-16(18(25)22-23)21-14-8-12(20)6-7-13(14)17(15)24/h2-8H,9H2,1H3,(H,21,24)(H,22,25). The molecule has 0 saturated carbocycles. The Morgan fingerprint density at radius 1 is 1.08 bits per heavy atom. The van der Waals surface area contributed by atoms with Crippen molar-refractivity contribution in [1.29, 1.82) is 0 Å². The van der Waals surface area contributed by atoms with Gasteiger partial charge in [-0.3, -0.25) is 19.5 Å². The third kappa shape index (κ3) is 2.55. The number of hydrogen-bond acceptors (Lipinski definition) is 3. The van der Waals surface area contributed by atoms with Crippen molar-refractivity contribution >= 4 is 33.4 Å². The van der Waals surface area contributed by atoms with E-state index in [1.165, 1.54) is 4.68 Å². The van der Waals surface area contributed by atoms with E-state index in [0.717, 1.165) is 11.1 Å². The van der Waals surface area contributed by atoms with E-state index in [2.05, 4.69) is 10.1 Å². The second kappa shape index (κ2) is 6.00. The number of hydrogen-bond donors (Lipinski definition) is 2. The van der Waals surface area contributed by atoms with E-state index in [1.807, 2.05) is 31.2 Å². The zero-order valence-corrected chi connectivity index (χ0v) is 14.6. The molecule has 0 atom stereocenters. The molecule has 0 unspecified atom stereocenters. The largest absolute Gasteiger partial charge is 0.350 e. The van der Waals surface area contributed by atoms with Gasteiger partial charge in [0.05, 0.1) is 12.1 Å². The number of aromatic nitrogens is 3. The molecular weight excluding hydrogens is 354 g/mol. The van der Waals surface area contributed by atoms with Gasteiger partial charge in [0.25, 0.3) is 11.1 Å². The van der Waals surface area contributed by atoms with Crippen LogP contribution in [0.15, 0.2) is 56.8 Å². The number of aromatic amines is 2. The van der Waals surface area contributed by atoms with Crippen LogP contribution in [-0.2, 0) is 6.54 Å². The minimum Gasteiger partial charge on any atom is -0.350 e. The fourth-order valence-electron chi connectivity index (χ4n) is 3.07. The second-order valence-electron chi connectivity index (χ2n) is 6.15. The molecule has 0 bridgehead atoms. The number of halogens is 1. The number of pyridine rings is 1. The van der Waals surface area contributed by atoms with Crippen molar-refractivity contribution in [2.24, 2.45) is 0 Å². The van der Waals surface area contributed by atoms with Gasteiger partial charge in [0.2, 0.25) is 5.43 Å². The Balaban J connectivity index is 2.04. The number of benzene rings is 2. The van der Waals surface area contributed by atoms with Crippen LogP contribution in [0.2, 0.25) is 5.02 Å². The van der Waals surface area contributed by atoms with Crippen molar-refractivity contribution in [3.63, 3.8) is 0 Å². The molecule has 130 valence electrons. The van der Waals surface area contributed by atoms with Crippen molar-refractivity contribution in [2.45, 2.75) is 13.5 Å². The summed E-state index contributed by atoms with van der Waals surface area (Å²) in [6.45, 7) is 2.10. The maximum atomic E-state index is 12.9. The average molecular weight is 368 g/mol. The minimum absolute atomic E-state index is 0.0456. The van der Waals surface area contributed by atoms with Gasteiger partial charge in [0.1, 0.15) is 10.9 Å². The average Bonchev–Trinajstić information content (AvgIpc) is 2.61. The first-order chi connectivity index (χ1) is 12.5. The van der Waals surface area contributed by atoms with Gasteiger partial charge in [-0.15, -0.1) is 0 Å². The number of nitrogens with one attached hydrogen (secondary N) is 2. The Hall–Kier alpha value is -3.12. The summed E-state index contributed by atoms with van der Waals surface area (Å²) in [7, 11) is 0. The van der Waals surface area contributed by atoms with E-state index in [0.29, 0.717) is 15.9 Å². The van der Waals surface area contributed by atoms with Crippen LogP contribution in [0.3, 0.4) is 0 Å². The van der Waals surface area contributed by atoms with Crippen LogP contribution in [-0.4, -0.2) is 14.8 Å². The topological polar surface area (TPSA) is 87.7 Å². The predicted molar refractivity (Wildman–Crippen MR) is 102 cm³/mol. The van der Waals surface area contributed by atoms with Gasteiger partial charge >= 0.3 is 0 Å². The van der Waals surface area contributed by atoms with Gasteiger partial charge in [0, 0.05) is 10.4 Å². The SMILES string of the molecule is Cc1ccccc1Cn1[nH]c(=O)c2[nH]c3cc(Cl)ccc3c(=O)c2c1=O. The van der Waals surface area contributed by atoms with Gasteiger partial charge in [0.15, 0.2) is 0 Å². The van der Waals surface area contributed by atoms with Crippen LogP contribution in [0.1, 0.15) is 11.1 Å². The Labute approximate surface area is 151 Å². The summed E-state index contributed by atoms with van der Waals surface area (Å²) in [5.74, 6) is 0. The van der Waals surface area contributed by atoms with Crippen LogP contribution in [0, 0.1) is 6.92 Å². The lowest BCUT2D eigenvalue weighted by molar-refractivity contribution is 0.633. The predicted octanol–water partition coefficient (Wildman–Crippen LogP) is 2.54. The summed E-state index contributed by atoms with van der Waals surface area (Å²) in [6.07, 6.45) is 0. The summed E-state index contributed by atoms with van der Waals surface area (Å²) >= 11 is 5.95. The fourth-order valence-corrected chi connectivity index (χ4v) is 3.24. The molecule has 2 aromatic heterocycles. The van der Waals surface area contributed by atoms with Gasteiger partial charge in [-0.1, -0.05) is 35.9 Å². The summed E-state index contributed by atoms with van der Waals surface area (Å²) in [6, 6.07) is 12.2. The van der Waals surface area contributed by atoms with Crippen molar-refractivity contribution in [2.75, 3.05) is 0 Å². The fraction of sp³-hybridized carbons (Fsp3) is 0.105. The molecule has 0 aliphatic rings.